The molecule has 0 saturated heterocycles. The Hall–Kier alpha value is -2.89. The van der Waals surface area contributed by atoms with Gasteiger partial charge in [0, 0.05) is 19.0 Å². The number of rotatable bonds is 3. The van der Waals surface area contributed by atoms with E-state index in [0.29, 0.717) is 11.3 Å². The van der Waals surface area contributed by atoms with Gasteiger partial charge in [0.15, 0.2) is 0 Å². The molecule has 112 valence electrons. The van der Waals surface area contributed by atoms with E-state index < -0.39 is 0 Å². The van der Waals surface area contributed by atoms with Gasteiger partial charge < -0.3 is 10.4 Å². The standard InChI is InChI=1S/C16H16N4O2/c1-10-7-12(9-17-11(2)21)16(22)15(8-10)20-18-13-5-3-4-6-14(13)19-20/h3-8,22H,9H2,1-2H3,(H,17,21). The lowest BCUT2D eigenvalue weighted by Gasteiger charge is -2.11. The lowest BCUT2D eigenvalue weighted by Crippen LogP contribution is -2.19. The van der Waals surface area contributed by atoms with Crippen LogP contribution >= 0.6 is 0 Å². The largest absolute Gasteiger partial charge is 0.505 e. The van der Waals surface area contributed by atoms with Crippen molar-refractivity contribution in [2.45, 2.75) is 20.4 Å². The van der Waals surface area contributed by atoms with Crippen LogP contribution in [0.5, 0.6) is 5.75 Å². The number of nitrogens with zero attached hydrogens (tertiary/aromatic N) is 3. The van der Waals surface area contributed by atoms with E-state index in [9.17, 15) is 9.90 Å². The summed E-state index contributed by atoms with van der Waals surface area (Å²) >= 11 is 0. The van der Waals surface area contributed by atoms with E-state index >= 15 is 0 Å². The molecule has 22 heavy (non-hydrogen) atoms. The molecule has 0 unspecified atom stereocenters. The van der Waals surface area contributed by atoms with E-state index in [2.05, 4.69) is 15.5 Å². The zero-order valence-electron chi connectivity index (χ0n) is 12.4. The van der Waals surface area contributed by atoms with E-state index in [4.69, 9.17) is 0 Å². The third kappa shape index (κ3) is 2.63. The zero-order chi connectivity index (χ0) is 15.7. The smallest absolute Gasteiger partial charge is 0.217 e. The van der Waals surface area contributed by atoms with E-state index in [1.165, 1.54) is 11.7 Å². The highest BCUT2D eigenvalue weighted by molar-refractivity contribution is 5.74. The molecule has 0 aliphatic carbocycles. The van der Waals surface area contributed by atoms with Crippen LogP contribution in [-0.2, 0) is 11.3 Å². The first-order valence-electron chi connectivity index (χ1n) is 6.94. The van der Waals surface area contributed by atoms with Crippen LogP contribution in [0.2, 0.25) is 0 Å². The summed E-state index contributed by atoms with van der Waals surface area (Å²) in [5, 5.41) is 21.9. The maximum Gasteiger partial charge on any atom is 0.217 e. The molecule has 0 radical (unpaired) electrons. The molecule has 1 amide bonds. The summed E-state index contributed by atoms with van der Waals surface area (Å²) in [6.45, 7) is 3.62. The number of hydrogen-bond donors (Lipinski definition) is 2. The highest BCUT2D eigenvalue weighted by atomic mass is 16.3. The molecule has 0 aliphatic rings. The molecule has 6 heteroatoms. The van der Waals surface area contributed by atoms with Crippen LogP contribution in [0, 0.1) is 6.92 Å². The van der Waals surface area contributed by atoms with E-state index in [1.807, 2.05) is 43.3 Å². The second kappa shape index (κ2) is 5.48. The summed E-state index contributed by atoms with van der Waals surface area (Å²) in [7, 11) is 0. The van der Waals surface area contributed by atoms with Gasteiger partial charge in [-0.25, -0.2) is 0 Å². The van der Waals surface area contributed by atoms with Crippen LogP contribution in [0.1, 0.15) is 18.1 Å². The fourth-order valence-electron chi connectivity index (χ4n) is 2.31. The average Bonchev–Trinajstić information content (AvgIpc) is 2.91. The Labute approximate surface area is 127 Å². The normalized spacial score (nSPS) is 10.8. The van der Waals surface area contributed by atoms with Crippen molar-refractivity contribution in [1.29, 1.82) is 0 Å². The number of benzene rings is 2. The SMILES string of the molecule is CC(=O)NCc1cc(C)cc(-n2nc3ccccc3n2)c1O. The molecule has 2 N–H and O–H groups in total. The topological polar surface area (TPSA) is 80.0 Å². The van der Waals surface area contributed by atoms with Crippen molar-refractivity contribution in [3.05, 3.63) is 47.5 Å². The van der Waals surface area contributed by atoms with Gasteiger partial charge in [-0.05, 0) is 30.7 Å². The maximum absolute atomic E-state index is 11.1. The van der Waals surface area contributed by atoms with E-state index in [0.717, 1.165) is 16.6 Å². The number of amides is 1. The second-order valence-corrected chi connectivity index (χ2v) is 5.18. The lowest BCUT2D eigenvalue weighted by molar-refractivity contribution is -0.119. The number of nitrogens with one attached hydrogen (secondary N) is 1. The van der Waals surface area contributed by atoms with Crippen molar-refractivity contribution >= 4 is 16.9 Å². The first-order valence-corrected chi connectivity index (χ1v) is 6.94. The molecule has 0 atom stereocenters. The third-order valence-electron chi connectivity index (χ3n) is 3.34. The summed E-state index contributed by atoms with van der Waals surface area (Å²) in [5.41, 5.74) is 3.59. The minimum atomic E-state index is -0.148. The summed E-state index contributed by atoms with van der Waals surface area (Å²) in [6, 6.07) is 11.1. The summed E-state index contributed by atoms with van der Waals surface area (Å²) in [5.74, 6) is -0.0786. The Bertz CT molecular complexity index is 821. The van der Waals surface area contributed by atoms with Gasteiger partial charge in [0.25, 0.3) is 0 Å². The number of hydrogen-bond acceptors (Lipinski definition) is 4. The zero-order valence-corrected chi connectivity index (χ0v) is 12.4. The monoisotopic (exact) mass is 296 g/mol. The van der Waals surface area contributed by atoms with Gasteiger partial charge in [-0.1, -0.05) is 18.2 Å². The van der Waals surface area contributed by atoms with Crippen LogP contribution < -0.4 is 5.32 Å². The second-order valence-electron chi connectivity index (χ2n) is 5.18. The number of carbonyl (C=O) groups excluding carboxylic acids is 1. The van der Waals surface area contributed by atoms with Crippen molar-refractivity contribution in [2.24, 2.45) is 0 Å². The maximum atomic E-state index is 11.1. The van der Waals surface area contributed by atoms with Crippen molar-refractivity contribution in [2.75, 3.05) is 0 Å². The molecule has 1 heterocycles. The number of aromatic nitrogens is 3. The highest BCUT2D eigenvalue weighted by Gasteiger charge is 2.13. The molecule has 0 aliphatic heterocycles. The third-order valence-corrected chi connectivity index (χ3v) is 3.34. The number of carbonyl (C=O) groups is 1. The average molecular weight is 296 g/mol. The molecule has 1 aromatic heterocycles. The molecule has 0 fully saturated rings. The molecule has 3 aromatic rings. The number of fused-ring (bicyclic) bond motifs is 1. The van der Waals surface area contributed by atoms with E-state index in [-0.39, 0.29) is 18.2 Å². The van der Waals surface area contributed by atoms with Gasteiger partial charge >= 0.3 is 0 Å². The molecule has 0 bridgehead atoms. The first-order chi connectivity index (χ1) is 10.5. The summed E-state index contributed by atoms with van der Waals surface area (Å²) in [4.78, 5) is 12.5. The molecule has 0 saturated carbocycles. The molecular formula is C16H16N4O2. The quantitative estimate of drug-likeness (QED) is 0.775. The van der Waals surface area contributed by atoms with Crippen LogP contribution in [-0.4, -0.2) is 26.0 Å². The summed E-state index contributed by atoms with van der Waals surface area (Å²) in [6.07, 6.45) is 0. The minimum absolute atomic E-state index is 0.0691. The number of phenols is 1. The predicted molar refractivity (Wildman–Crippen MR) is 82.8 cm³/mol. The van der Waals surface area contributed by atoms with Crippen LogP contribution in [0.4, 0.5) is 0 Å². The van der Waals surface area contributed by atoms with Crippen LogP contribution in [0.3, 0.4) is 0 Å². The van der Waals surface area contributed by atoms with Crippen molar-refractivity contribution in [3.63, 3.8) is 0 Å². The minimum Gasteiger partial charge on any atom is -0.505 e. The Morgan fingerprint density at radius 3 is 2.45 bits per heavy atom. The number of aryl methyl sites for hydroxylation is 1. The fourth-order valence-corrected chi connectivity index (χ4v) is 2.31. The predicted octanol–water partition coefficient (Wildman–Crippen LogP) is 2.07. The van der Waals surface area contributed by atoms with Crippen LogP contribution in [0.15, 0.2) is 36.4 Å². The molecule has 2 aromatic carbocycles. The molecule has 0 spiro atoms. The highest BCUT2D eigenvalue weighted by Crippen LogP contribution is 2.27. The van der Waals surface area contributed by atoms with Gasteiger partial charge in [-0.3, -0.25) is 4.79 Å². The lowest BCUT2D eigenvalue weighted by atomic mass is 10.1. The van der Waals surface area contributed by atoms with Gasteiger partial charge in [-0.2, -0.15) is 0 Å². The van der Waals surface area contributed by atoms with E-state index in [1.54, 1.807) is 0 Å². The summed E-state index contributed by atoms with van der Waals surface area (Å²) < 4.78 is 0. The Morgan fingerprint density at radius 1 is 1.23 bits per heavy atom. The van der Waals surface area contributed by atoms with Gasteiger partial charge in [0.05, 0.1) is 0 Å². The molecule has 3 rings (SSSR count). The van der Waals surface area contributed by atoms with Crippen molar-refractivity contribution in [1.82, 2.24) is 20.3 Å². The van der Waals surface area contributed by atoms with Gasteiger partial charge in [0.2, 0.25) is 5.91 Å². The Kier molecular flexibility index (Phi) is 3.50. The first kappa shape index (κ1) is 14.1. The van der Waals surface area contributed by atoms with Crippen molar-refractivity contribution in [3.8, 4) is 11.4 Å². The van der Waals surface area contributed by atoms with Gasteiger partial charge in [-0.15, -0.1) is 15.0 Å². The molecule has 6 nitrogen and oxygen atoms in total. The van der Waals surface area contributed by atoms with Gasteiger partial charge in [0.1, 0.15) is 22.5 Å². The number of phenolic OH excluding ortho intramolecular Hbond substituents is 1. The Balaban J connectivity index is 2.07. The molecular weight excluding hydrogens is 280 g/mol. The fraction of sp³-hybridized carbons (Fsp3) is 0.188. The van der Waals surface area contributed by atoms with Crippen molar-refractivity contribution < 1.29 is 9.90 Å². The Morgan fingerprint density at radius 2 is 1.86 bits per heavy atom. The number of aromatic hydroxyl groups is 1. The van der Waals surface area contributed by atoms with Crippen LogP contribution in [0.25, 0.3) is 16.7 Å².